The third kappa shape index (κ3) is 4.13. The van der Waals surface area contributed by atoms with E-state index in [0.717, 1.165) is 18.2 Å². The fourth-order valence-electron chi connectivity index (χ4n) is 3.25. The number of hydrogen-bond acceptors (Lipinski definition) is 7. The summed E-state index contributed by atoms with van der Waals surface area (Å²) in [5, 5.41) is 0.0152. The standard InChI is InChI=1S/C21H15ClF2N4O5S/c1-32-20-16(7-12(22)8-25-20)34(30,31)27-14-5-4-13(23)17(18(14)24)11-3-6-15-19(21(29)33-2)26-10-28(15)9-11/h3-10,27H,1-2H3. The number of hydrogen-bond donors (Lipinski definition) is 1. The maximum Gasteiger partial charge on any atom is 0.358 e. The third-order valence-electron chi connectivity index (χ3n) is 4.80. The van der Waals surface area contributed by atoms with Crippen molar-refractivity contribution in [2.24, 2.45) is 0 Å². The van der Waals surface area contributed by atoms with Gasteiger partial charge in [0.05, 0.1) is 36.0 Å². The van der Waals surface area contributed by atoms with Crippen LogP contribution in [0, 0.1) is 11.6 Å². The zero-order valence-electron chi connectivity index (χ0n) is 17.5. The molecule has 0 unspecified atom stereocenters. The molecule has 0 radical (unpaired) electrons. The lowest BCUT2D eigenvalue weighted by atomic mass is 10.1. The first-order valence-electron chi connectivity index (χ1n) is 9.42. The Balaban J connectivity index is 1.78. The number of methoxy groups -OCH3 is 2. The van der Waals surface area contributed by atoms with Gasteiger partial charge in [-0.25, -0.2) is 32.0 Å². The molecule has 0 bridgehead atoms. The van der Waals surface area contributed by atoms with Crippen molar-refractivity contribution in [2.75, 3.05) is 18.9 Å². The van der Waals surface area contributed by atoms with E-state index in [2.05, 4.69) is 19.4 Å². The molecule has 0 spiro atoms. The molecule has 0 amide bonds. The number of anilines is 1. The normalized spacial score (nSPS) is 11.4. The Morgan fingerprint density at radius 3 is 2.62 bits per heavy atom. The first-order chi connectivity index (χ1) is 16.2. The molecule has 0 aliphatic rings. The van der Waals surface area contributed by atoms with Crippen molar-refractivity contribution < 1.29 is 31.5 Å². The van der Waals surface area contributed by atoms with Gasteiger partial charge in [-0.1, -0.05) is 17.7 Å². The van der Waals surface area contributed by atoms with Gasteiger partial charge in [0.2, 0.25) is 5.88 Å². The van der Waals surface area contributed by atoms with Crippen LogP contribution in [0.1, 0.15) is 10.5 Å². The van der Waals surface area contributed by atoms with Gasteiger partial charge in [0.1, 0.15) is 12.1 Å². The maximum absolute atomic E-state index is 15.4. The average Bonchev–Trinajstić information content (AvgIpc) is 3.24. The summed E-state index contributed by atoms with van der Waals surface area (Å²) in [5.41, 5.74) is -0.556. The highest BCUT2D eigenvalue weighted by Gasteiger charge is 2.25. The molecule has 13 heteroatoms. The minimum Gasteiger partial charge on any atom is -0.480 e. The number of pyridine rings is 2. The lowest BCUT2D eigenvalue weighted by molar-refractivity contribution is 0.0597. The van der Waals surface area contributed by atoms with Crippen molar-refractivity contribution in [3.8, 4) is 17.0 Å². The number of nitrogens with zero attached hydrogens (tertiary/aromatic N) is 3. The monoisotopic (exact) mass is 508 g/mol. The van der Waals surface area contributed by atoms with Gasteiger partial charge < -0.3 is 13.9 Å². The molecule has 34 heavy (non-hydrogen) atoms. The van der Waals surface area contributed by atoms with Crippen LogP contribution in [-0.4, -0.2) is 43.0 Å². The Kier molecular flexibility index (Phi) is 6.11. The number of halogens is 3. The molecule has 0 saturated heterocycles. The first kappa shape index (κ1) is 23.4. The highest BCUT2D eigenvalue weighted by Crippen LogP contribution is 2.33. The number of ether oxygens (including phenoxy) is 2. The summed E-state index contributed by atoms with van der Waals surface area (Å²) in [5.74, 6) is -3.03. The van der Waals surface area contributed by atoms with Crippen LogP contribution < -0.4 is 9.46 Å². The molecular weight excluding hydrogens is 494 g/mol. The Morgan fingerprint density at radius 2 is 1.91 bits per heavy atom. The maximum atomic E-state index is 15.4. The number of carbonyl (C=O) groups excluding carboxylic acids is 1. The van der Waals surface area contributed by atoms with Gasteiger partial charge >= 0.3 is 5.97 Å². The molecular formula is C21H15ClF2N4O5S. The van der Waals surface area contributed by atoms with E-state index in [1.165, 1.54) is 49.5 Å². The zero-order valence-corrected chi connectivity index (χ0v) is 19.1. The first-order valence-corrected chi connectivity index (χ1v) is 11.3. The predicted octanol–water partition coefficient (Wildman–Crippen LogP) is 3.92. The molecule has 4 rings (SSSR count). The molecule has 1 aromatic carbocycles. The average molecular weight is 509 g/mol. The van der Waals surface area contributed by atoms with Crippen molar-refractivity contribution in [1.29, 1.82) is 0 Å². The molecule has 4 aromatic rings. The molecule has 176 valence electrons. The predicted molar refractivity (Wildman–Crippen MR) is 118 cm³/mol. The molecule has 3 heterocycles. The SMILES string of the molecule is COC(=O)c1ncn2cc(-c3c(F)ccc(NS(=O)(=O)c4cc(Cl)cnc4OC)c3F)ccc12. The van der Waals surface area contributed by atoms with E-state index in [0.29, 0.717) is 5.52 Å². The summed E-state index contributed by atoms with van der Waals surface area (Å²) in [6.07, 6.45) is 3.82. The summed E-state index contributed by atoms with van der Waals surface area (Å²) in [4.78, 5) is 19.1. The Morgan fingerprint density at radius 1 is 1.15 bits per heavy atom. The zero-order chi connectivity index (χ0) is 24.6. The number of aromatic nitrogens is 3. The number of benzene rings is 1. The minimum absolute atomic E-state index is 0.0152. The molecule has 0 aliphatic heterocycles. The van der Waals surface area contributed by atoms with Crippen LogP contribution in [0.25, 0.3) is 16.6 Å². The van der Waals surface area contributed by atoms with Crippen LogP contribution in [0.3, 0.4) is 0 Å². The number of rotatable bonds is 6. The van der Waals surface area contributed by atoms with Crippen LogP contribution in [0.15, 0.2) is 53.9 Å². The Labute approximate surface area is 197 Å². The summed E-state index contributed by atoms with van der Waals surface area (Å²) < 4.78 is 68.9. The molecule has 0 saturated carbocycles. The van der Waals surface area contributed by atoms with Crippen LogP contribution in [0.5, 0.6) is 5.88 Å². The van der Waals surface area contributed by atoms with E-state index in [1.54, 1.807) is 0 Å². The number of sulfonamides is 1. The Bertz CT molecular complexity index is 1540. The Hall–Kier alpha value is -3.77. The minimum atomic E-state index is -4.41. The van der Waals surface area contributed by atoms with Crippen molar-refractivity contribution in [1.82, 2.24) is 14.4 Å². The fraction of sp³-hybridized carbons (Fsp3) is 0.0952. The van der Waals surface area contributed by atoms with Crippen LogP contribution >= 0.6 is 11.6 Å². The number of nitrogens with one attached hydrogen (secondary N) is 1. The number of esters is 1. The van der Waals surface area contributed by atoms with E-state index in [-0.39, 0.29) is 22.2 Å². The van der Waals surface area contributed by atoms with Crippen molar-refractivity contribution in [3.05, 3.63) is 71.4 Å². The second-order valence-corrected chi connectivity index (χ2v) is 8.93. The van der Waals surface area contributed by atoms with Gasteiger partial charge in [0.15, 0.2) is 16.4 Å². The summed E-state index contributed by atoms with van der Waals surface area (Å²) >= 11 is 5.85. The lowest BCUT2D eigenvalue weighted by Crippen LogP contribution is -2.16. The van der Waals surface area contributed by atoms with Gasteiger partial charge in [-0.2, -0.15) is 0 Å². The molecule has 3 aromatic heterocycles. The van der Waals surface area contributed by atoms with E-state index >= 15 is 4.39 Å². The van der Waals surface area contributed by atoms with Crippen molar-refractivity contribution in [2.45, 2.75) is 4.90 Å². The molecule has 1 N–H and O–H groups in total. The summed E-state index contributed by atoms with van der Waals surface area (Å²) in [6, 6.07) is 5.76. The van der Waals surface area contributed by atoms with Gasteiger partial charge in [0, 0.05) is 18.0 Å². The highest BCUT2D eigenvalue weighted by molar-refractivity contribution is 7.92. The van der Waals surface area contributed by atoms with Gasteiger partial charge in [-0.05, 0) is 24.3 Å². The largest absolute Gasteiger partial charge is 0.480 e. The van der Waals surface area contributed by atoms with Crippen molar-refractivity contribution in [3.63, 3.8) is 0 Å². The topological polar surface area (TPSA) is 112 Å². The van der Waals surface area contributed by atoms with Crippen LogP contribution in [0.2, 0.25) is 5.02 Å². The van der Waals surface area contributed by atoms with Gasteiger partial charge in [0.25, 0.3) is 10.0 Å². The van der Waals surface area contributed by atoms with E-state index in [1.807, 2.05) is 0 Å². The van der Waals surface area contributed by atoms with E-state index in [4.69, 9.17) is 16.3 Å². The van der Waals surface area contributed by atoms with E-state index in [9.17, 15) is 17.6 Å². The van der Waals surface area contributed by atoms with Crippen molar-refractivity contribution >= 4 is 38.8 Å². The summed E-state index contributed by atoms with van der Waals surface area (Å²) in [7, 11) is -1.99. The number of fused-ring (bicyclic) bond motifs is 1. The molecule has 0 fully saturated rings. The summed E-state index contributed by atoms with van der Waals surface area (Å²) in [6.45, 7) is 0. The second kappa shape index (κ2) is 8.88. The van der Waals surface area contributed by atoms with Crippen LogP contribution in [-0.2, 0) is 14.8 Å². The van der Waals surface area contributed by atoms with E-state index < -0.39 is 43.8 Å². The molecule has 0 atom stereocenters. The highest BCUT2D eigenvalue weighted by atomic mass is 35.5. The lowest BCUT2D eigenvalue weighted by Gasteiger charge is -2.14. The third-order valence-corrected chi connectivity index (χ3v) is 6.37. The fourth-order valence-corrected chi connectivity index (χ4v) is 4.68. The van der Waals surface area contributed by atoms with Gasteiger partial charge in [-0.3, -0.25) is 4.72 Å². The number of imidazole rings is 1. The number of carbonyl (C=O) groups is 1. The molecule has 0 aliphatic carbocycles. The van der Waals surface area contributed by atoms with Gasteiger partial charge in [-0.15, -0.1) is 0 Å². The molecule has 9 nitrogen and oxygen atoms in total. The van der Waals surface area contributed by atoms with Crippen LogP contribution in [0.4, 0.5) is 14.5 Å². The smallest absolute Gasteiger partial charge is 0.358 e. The quantitative estimate of drug-likeness (QED) is 0.393. The second-order valence-electron chi connectivity index (χ2n) is 6.85.